The first-order chi connectivity index (χ1) is 19.2. The summed E-state index contributed by atoms with van der Waals surface area (Å²) in [5, 5.41) is 14.2. The van der Waals surface area contributed by atoms with Gasteiger partial charge in [0.05, 0.1) is 23.6 Å². The SMILES string of the molecule is Cc1ccc(-n2nc(C(C)(C)C)cc2NC(=O)Nc2ccccc2C(C(=O)c2ccco2)C2CCNCC2)cc1. The molecule has 1 saturated heterocycles. The Morgan fingerprint density at radius 3 is 2.40 bits per heavy atom. The molecule has 1 atom stereocenters. The molecule has 8 heteroatoms. The van der Waals surface area contributed by atoms with E-state index >= 15 is 0 Å². The Kier molecular flexibility index (Phi) is 7.89. The molecule has 2 aromatic heterocycles. The minimum absolute atomic E-state index is 0.0705. The van der Waals surface area contributed by atoms with Crippen molar-refractivity contribution < 1.29 is 14.0 Å². The van der Waals surface area contributed by atoms with E-state index in [1.165, 1.54) is 6.26 Å². The zero-order valence-electron chi connectivity index (χ0n) is 23.5. The molecule has 0 saturated carbocycles. The summed E-state index contributed by atoms with van der Waals surface area (Å²) in [6.45, 7) is 10.00. The number of benzene rings is 2. The fraction of sp³-hybridized carbons (Fsp3) is 0.344. The van der Waals surface area contributed by atoms with Crippen LogP contribution in [0.25, 0.3) is 5.69 Å². The Balaban J connectivity index is 1.44. The number of anilines is 2. The van der Waals surface area contributed by atoms with Gasteiger partial charge in [-0.15, -0.1) is 0 Å². The molecule has 0 spiro atoms. The topological polar surface area (TPSA) is 101 Å². The van der Waals surface area contributed by atoms with Crippen LogP contribution in [0, 0.1) is 12.8 Å². The molecule has 0 radical (unpaired) electrons. The molecule has 3 heterocycles. The van der Waals surface area contributed by atoms with Gasteiger partial charge in [0.2, 0.25) is 5.78 Å². The highest BCUT2D eigenvalue weighted by atomic mass is 16.3. The quantitative estimate of drug-likeness (QED) is 0.227. The maximum atomic E-state index is 13.7. The first-order valence-corrected chi connectivity index (χ1v) is 13.8. The summed E-state index contributed by atoms with van der Waals surface area (Å²) in [4.78, 5) is 27.2. The number of carbonyl (C=O) groups excluding carboxylic acids is 2. The Bertz CT molecular complexity index is 1460. The van der Waals surface area contributed by atoms with Gasteiger partial charge in [-0.05, 0) is 74.7 Å². The molecule has 5 rings (SSSR count). The van der Waals surface area contributed by atoms with Crippen molar-refractivity contribution in [1.82, 2.24) is 15.1 Å². The van der Waals surface area contributed by atoms with Gasteiger partial charge in [-0.1, -0.05) is 56.7 Å². The van der Waals surface area contributed by atoms with Gasteiger partial charge < -0.3 is 15.1 Å². The van der Waals surface area contributed by atoms with Crippen LogP contribution < -0.4 is 16.0 Å². The van der Waals surface area contributed by atoms with Crippen molar-refractivity contribution >= 4 is 23.3 Å². The highest BCUT2D eigenvalue weighted by molar-refractivity contribution is 6.03. The Morgan fingerprint density at radius 2 is 1.73 bits per heavy atom. The minimum atomic E-state index is -0.435. The van der Waals surface area contributed by atoms with E-state index in [9.17, 15) is 9.59 Å². The standard InChI is InChI=1S/C32H37N5O3/c1-21-11-13-23(14-12-21)37-28(20-27(36-37)32(2,3)4)35-31(39)34-25-9-6-5-8-24(25)29(22-15-17-33-18-16-22)30(38)26-10-7-19-40-26/h5-14,19-20,22,29,33H,15-18H2,1-4H3,(H2,34,35,39). The largest absolute Gasteiger partial charge is 0.461 e. The third kappa shape index (κ3) is 6.02. The molecule has 1 aliphatic heterocycles. The Hall–Kier alpha value is -4.17. The second-order valence-electron chi connectivity index (χ2n) is 11.5. The number of para-hydroxylation sites is 1. The fourth-order valence-electron chi connectivity index (χ4n) is 5.23. The molecule has 1 aliphatic rings. The smallest absolute Gasteiger partial charge is 0.324 e. The van der Waals surface area contributed by atoms with Crippen molar-refractivity contribution in [2.75, 3.05) is 23.7 Å². The third-order valence-electron chi connectivity index (χ3n) is 7.44. The molecule has 8 nitrogen and oxygen atoms in total. The molecule has 0 bridgehead atoms. The Morgan fingerprint density at radius 1 is 1.00 bits per heavy atom. The molecule has 0 aliphatic carbocycles. The summed E-state index contributed by atoms with van der Waals surface area (Å²) in [6, 6.07) is 20.5. The molecule has 2 aromatic carbocycles. The number of aromatic nitrogens is 2. The average Bonchev–Trinajstić information content (AvgIpc) is 3.62. The number of aryl methyl sites for hydroxylation is 1. The monoisotopic (exact) mass is 539 g/mol. The first-order valence-electron chi connectivity index (χ1n) is 13.8. The number of nitrogens with zero attached hydrogens (tertiary/aromatic N) is 2. The van der Waals surface area contributed by atoms with Crippen molar-refractivity contribution in [3.05, 3.63) is 95.6 Å². The van der Waals surface area contributed by atoms with E-state index < -0.39 is 11.9 Å². The van der Waals surface area contributed by atoms with E-state index in [4.69, 9.17) is 9.52 Å². The van der Waals surface area contributed by atoms with Crippen molar-refractivity contribution in [3.63, 3.8) is 0 Å². The molecular weight excluding hydrogens is 502 g/mol. The summed E-state index contributed by atoms with van der Waals surface area (Å²) in [5.74, 6) is 0.515. The number of hydrogen-bond acceptors (Lipinski definition) is 5. The maximum Gasteiger partial charge on any atom is 0.324 e. The zero-order chi connectivity index (χ0) is 28.3. The summed E-state index contributed by atoms with van der Waals surface area (Å²) < 4.78 is 7.26. The van der Waals surface area contributed by atoms with Gasteiger partial charge >= 0.3 is 6.03 Å². The van der Waals surface area contributed by atoms with Crippen LogP contribution in [0.15, 0.2) is 77.4 Å². The second-order valence-corrected chi connectivity index (χ2v) is 11.5. The van der Waals surface area contributed by atoms with Gasteiger partial charge in [-0.2, -0.15) is 5.10 Å². The van der Waals surface area contributed by atoms with Crippen LogP contribution in [-0.4, -0.2) is 34.7 Å². The number of rotatable bonds is 7. The number of carbonyl (C=O) groups is 2. The third-order valence-corrected chi connectivity index (χ3v) is 7.44. The lowest BCUT2D eigenvalue weighted by Crippen LogP contribution is -2.34. The predicted molar refractivity (Wildman–Crippen MR) is 157 cm³/mol. The zero-order valence-corrected chi connectivity index (χ0v) is 23.5. The molecule has 1 unspecified atom stereocenters. The number of nitrogens with one attached hydrogen (secondary N) is 3. The van der Waals surface area contributed by atoms with E-state index in [-0.39, 0.29) is 17.1 Å². The minimum Gasteiger partial charge on any atom is -0.461 e. The van der Waals surface area contributed by atoms with Crippen LogP contribution in [0.4, 0.5) is 16.3 Å². The lowest BCUT2D eigenvalue weighted by Gasteiger charge is -2.31. The van der Waals surface area contributed by atoms with Crippen LogP contribution in [0.3, 0.4) is 0 Å². The van der Waals surface area contributed by atoms with Crippen LogP contribution in [0.1, 0.15) is 66.9 Å². The molecule has 4 aromatic rings. The van der Waals surface area contributed by atoms with Crippen LogP contribution in [0.5, 0.6) is 0 Å². The summed E-state index contributed by atoms with van der Waals surface area (Å²) in [6.07, 6.45) is 3.25. The summed E-state index contributed by atoms with van der Waals surface area (Å²) in [7, 11) is 0. The van der Waals surface area contributed by atoms with Gasteiger partial charge in [0.1, 0.15) is 5.82 Å². The number of urea groups is 1. The molecular formula is C32H37N5O3. The highest BCUT2D eigenvalue weighted by Crippen LogP contribution is 2.38. The van der Waals surface area contributed by atoms with Gasteiger partial charge in [0, 0.05) is 17.2 Å². The predicted octanol–water partition coefficient (Wildman–Crippen LogP) is 6.68. The first kappa shape index (κ1) is 27.4. The van der Waals surface area contributed by atoms with Crippen molar-refractivity contribution in [3.8, 4) is 5.69 Å². The van der Waals surface area contributed by atoms with Crippen molar-refractivity contribution in [2.24, 2.45) is 5.92 Å². The molecule has 1 fully saturated rings. The number of hydrogen-bond donors (Lipinski definition) is 3. The van der Waals surface area contributed by atoms with E-state index in [0.29, 0.717) is 17.3 Å². The molecule has 40 heavy (non-hydrogen) atoms. The van der Waals surface area contributed by atoms with E-state index in [2.05, 4.69) is 36.7 Å². The highest BCUT2D eigenvalue weighted by Gasteiger charge is 2.34. The van der Waals surface area contributed by atoms with Gasteiger partial charge in [0.25, 0.3) is 0 Å². The van der Waals surface area contributed by atoms with Crippen LogP contribution in [0.2, 0.25) is 0 Å². The normalized spacial score (nSPS) is 15.0. The van der Waals surface area contributed by atoms with E-state index in [1.54, 1.807) is 16.8 Å². The number of Topliss-reactive ketones (excluding diaryl/α,β-unsaturated/α-hetero) is 1. The second kappa shape index (κ2) is 11.5. The molecule has 3 N–H and O–H groups in total. The van der Waals surface area contributed by atoms with Gasteiger partial charge in [-0.3, -0.25) is 10.1 Å². The van der Waals surface area contributed by atoms with Crippen LogP contribution in [-0.2, 0) is 5.41 Å². The number of piperidine rings is 1. The van der Waals surface area contributed by atoms with E-state index in [1.807, 2.05) is 61.5 Å². The number of ketones is 1. The van der Waals surface area contributed by atoms with Gasteiger partial charge in [-0.25, -0.2) is 9.48 Å². The lowest BCUT2D eigenvalue weighted by molar-refractivity contribution is 0.0888. The van der Waals surface area contributed by atoms with Gasteiger partial charge in [0.15, 0.2) is 5.76 Å². The number of furan rings is 1. The Labute approximate surface area is 235 Å². The lowest BCUT2D eigenvalue weighted by atomic mass is 9.76. The average molecular weight is 540 g/mol. The van der Waals surface area contributed by atoms with Crippen molar-refractivity contribution in [1.29, 1.82) is 0 Å². The fourth-order valence-corrected chi connectivity index (χ4v) is 5.23. The molecule has 208 valence electrons. The van der Waals surface area contributed by atoms with E-state index in [0.717, 1.165) is 48.4 Å². The number of amides is 2. The summed E-state index contributed by atoms with van der Waals surface area (Å²) >= 11 is 0. The molecule has 2 amide bonds. The summed E-state index contributed by atoms with van der Waals surface area (Å²) in [5.41, 5.74) is 4.03. The van der Waals surface area contributed by atoms with Crippen molar-refractivity contribution in [2.45, 2.75) is 51.9 Å². The maximum absolute atomic E-state index is 13.7. The van der Waals surface area contributed by atoms with Crippen LogP contribution >= 0.6 is 0 Å².